The maximum absolute atomic E-state index is 8.72. The van der Waals surface area contributed by atoms with E-state index in [1.165, 1.54) is 12.2 Å². The predicted molar refractivity (Wildman–Crippen MR) is 86.4 cm³/mol. The van der Waals surface area contributed by atoms with Crippen LogP contribution in [0.25, 0.3) is 0 Å². The van der Waals surface area contributed by atoms with Crippen LogP contribution in [0.3, 0.4) is 0 Å². The van der Waals surface area contributed by atoms with E-state index in [9.17, 15) is 0 Å². The summed E-state index contributed by atoms with van der Waals surface area (Å²) in [6.45, 7) is 4.04. The molecule has 1 aromatic rings. The largest absolute Gasteiger partial charge is 0.494 e. The molecule has 1 atom stereocenters. The zero-order valence-electron chi connectivity index (χ0n) is 12.6. The van der Waals surface area contributed by atoms with E-state index in [0.29, 0.717) is 18.2 Å². The van der Waals surface area contributed by atoms with Crippen molar-refractivity contribution in [3.63, 3.8) is 0 Å². The third kappa shape index (κ3) is 6.31. The number of nitrogens with zero attached hydrogens (tertiary/aromatic N) is 2. The molecule has 0 saturated carbocycles. The molecule has 0 aliphatic carbocycles. The molecule has 3 nitrogen and oxygen atoms in total. The lowest BCUT2D eigenvalue weighted by molar-refractivity contribution is 0.221. The molecule has 0 amide bonds. The van der Waals surface area contributed by atoms with Crippen LogP contribution in [0.5, 0.6) is 5.75 Å². The maximum Gasteiger partial charge on any atom is 0.119 e. The molecule has 0 saturated heterocycles. The summed E-state index contributed by atoms with van der Waals surface area (Å²) in [6, 6.07) is 9.99. The third-order valence-corrected chi connectivity index (χ3v) is 4.04. The molecule has 1 aromatic carbocycles. The highest BCUT2D eigenvalue weighted by Crippen LogP contribution is 2.12. The Morgan fingerprint density at radius 3 is 2.65 bits per heavy atom. The van der Waals surface area contributed by atoms with E-state index in [1.54, 1.807) is 12.1 Å². The number of hydrogen-bond acceptors (Lipinski definition) is 4. The zero-order chi connectivity index (χ0) is 14.8. The first-order valence-electron chi connectivity index (χ1n) is 6.99. The topological polar surface area (TPSA) is 36.3 Å². The molecule has 0 spiro atoms. The standard InChI is InChI=1S/C16H24N2OS/c1-14(9-12-20-3)18(2)10-4-11-19-16-7-5-15(13-17)6-8-16/h5-8,14H,4,9-12H2,1-3H3. The van der Waals surface area contributed by atoms with Crippen LogP contribution in [0.1, 0.15) is 25.3 Å². The van der Waals surface area contributed by atoms with Gasteiger partial charge in [0, 0.05) is 12.6 Å². The fourth-order valence-corrected chi connectivity index (χ4v) is 2.44. The zero-order valence-corrected chi connectivity index (χ0v) is 13.4. The number of thioether (sulfide) groups is 1. The summed E-state index contributed by atoms with van der Waals surface area (Å²) in [6.07, 6.45) is 4.40. The lowest BCUT2D eigenvalue weighted by Crippen LogP contribution is -2.31. The average molecular weight is 292 g/mol. The van der Waals surface area contributed by atoms with Crippen molar-refractivity contribution >= 4 is 11.8 Å². The summed E-state index contributed by atoms with van der Waals surface area (Å²) in [5.41, 5.74) is 0.666. The van der Waals surface area contributed by atoms with Crippen LogP contribution >= 0.6 is 11.8 Å². The molecule has 0 aromatic heterocycles. The van der Waals surface area contributed by atoms with Crippen LogP contribution in [0.2, 0.25) is 0 Å². The molecular formula is C16H24N2OS. The molecule has 0 fully saturated rings. The third-order valence-electron chi connectivity index (χ3n) is 3.40. The van der Waals surface area contributed by atoms with Gasteiger partial charge in [-0.15, -0.1) is 0 Å². The highest BCUT2D eigenvalue weighted by atomic mass is 32.2. The lowest BCUT2D eigenvalue weighted by atomic mass is 10.2. The molecule has 1 unspecified atom stereocenters. The first-order valence-corrected chi connectivity index (χ1v) is 8.39. The smallest absolute Gasteiger partial charge is 0.119 e. The second-order valence-electron chi connectivity index (χ2n) is 4.95. The minimum atomic E-state index is 0.623. The van der Waals surface area contributed by atoms with E-state index in [2.05, 4.69) is 31.2 Å². The van der Waals surface area contributed by atoms with Gasteiger partial charge >= 0.3 is 0 Å². The summed E-state index contributed by atoms with van der Waals surface area (Å²) < 4.78 is 5.68. The minimum absolute atomic E-state index is 0.623. The molecule has 0 heterocycles. The number of benzene rings is 1. The number of ether oxygens (including phenoxy) is 1. The fourth-order valence-electron chi connectivity index (χ4n) is 1.86. The molecular weight excluding hydrogens is 268 g/mol. The van der Waals surface area contributed by atoms with Gasteiger partial charge in [-0.05, 0) is 63.1 Å². The van der Waals surface area contributed by atoms with Gasteiger partial charge in [0.1, 0.15) is 5.75 Å². The Morgan fingerprint density at radius 1 is 1.35 bits per heavy atom. The number of hydrogen-bond donors (Lipinski definition) is 0. The van der Waals surface area contributed by atoms with Crippen molar-refractivity contribution in [1.29, 1.82) is 5.26 Å². The Labute approximate surface area is 126 Å². The second kappa shape index (κ2) is 9.68. The molecule has 0 aliphatic rings. The molecule has 0 radical (unpaired) electrons. The number of nitriles is 1. The van der Waals surface area contributed by atoms with Crippen LogP contribution in [0.4, 0.5) is 0 Å². The molecule has 0 bridgehead atoms. The molecule has 1 rings (SSSR count). The van der Waals surface area contributed by atoms with Crippen LogP contribution in [-0.4, -0.2) is 43.1 Å². The Kier molecular flexibility index (Phi) is 8.17. The van der Waals surface area contributed by atoms with Crippen LogP contribution in [0, 0.1) is 11.3 Å². The summed E-state index contributed by atoms with van der Waals surface area (Å²) in [5.74, 6) is 2.05. The second-order valence-corrected chi connectivity index (χ2v) is 5.93. The van der Waals surface area contributed by atoms with Gasteiger partial charge in [-0.25, -0.2) is 0 Å². The van der Waals surface area contributed by atoms with Crippen molar-refractivity contribution < 1.29 is 4.74 Å². The van der Waals surface area contributed by atoms with E-state index in [1.807, 2.05) is 23.9 Å². The monoisotopic (exact) mass is 292 g/mol. The van der Waals surface area contributed by atoms with Gasteiger partial charge in [0.15, 0.2) is 0 Å². The normalized spacial score (nSPS) is 12.2. The van der Waals surface area contributed by atoms with Gasteiger partial charge in [0.05, 0.1) is 18.2 Å². The fraction of sp³-hybridized carbons (Fsp3) is 0.562. The summed E-state index contributed by atoms with van der Waals surface area (Å²) in [4.78, 5) is 2.39. The van der Waals surface area contributed by atoms with Crippen molar-refractivity contribution in [3.05, 3.63) is 29.8 Å². The van der Waals surface area contributed by atoms with Crippen LogP contribution < -0.4 is 4.74 Å². The average Bonchev–Trinajstić information content (AvgIpc) is 2.49. The quantitative estimate of drug-likeness (QED) is 0.654. The van der Waals surface area contributed by atoms with Gasteiger partial charge in [0.2, 0.25) is 0 Å². The van der Waals surface area contributed by atoms with Crippen molar-refractivity contribution in [2.45, 2.75) is 25.8 Å². The van der Waals surface area contributed by atoms with Crippen LogP contribution in [0.15, 0.2) is 24.3 Å². The summed E-state index contributed by atoms with van der Waals surface area (Å²) in [7, 11) is 2.17. The Bertz CT molecular complexity index is 413. The van der Waals surface area contributed by atoms with E-state index < -0.39 is 0 Å². The van der Waals surface area contributed by atoms with Gasteiger partial charge in [0.25, 0.3) is 0 Å². The lowest BCUT2D eigenvalue weighted by Gasteiger charge is -2.24. The van der Waals surface area contributed by atoms with E-state index in [0.717, 1.165) is 18.7 Å². The van der Waals surface area contributed by atoms with Crippen molar-refractivity contribution in [2.75, 3.05) is 32.2 Å². The minimum Gasteiger partial charge on any atom is -0.494 e. The van der Waals surface area contributed by atoms with Crippen molar-refractivity contribution in [1.82, 2.24) is 4.90 Å². The highest BCUT2D eigenvalue weighted by molar-refractivity contribution is 7.98. The van der Waals surface area contributed by atoms with E-state index in [-0.39, 0.29) is 0 Å². The van der Waals surface area contributed by atoms with Gasteiger partial charge in [-0.2, -0.15) is 17.0 Å². The molecule has 20 heavy (non-hydrogen) atoms. The maximum atomic E-state index is 8.72. The predicted octanol–water partition coefficient (Wildman–Crippen LogP) is 3.40. The van der Waals surface area contributed by atoms with Crippen LogP contribution in [-0.2, 0) is 0 Å². The SMILES string of the molecule is CSCCC(C)N(C)CCCOc1ccc(C#N)cc1. The van der Waals surface area contributed by atoms with Gasteiger partial charge in [-0.1, -0.05) is 0 Å². The van der Waals surface area contributed by atoms with E-state index >= 15 is 0 Å². The highest BCUT2D eigenvalue weighted by Gasteiger charge is 2.07. The molecule has 0 aliphatic heterocycles. The first-order chi connectivity index (χ1) is 9.67. The summed E-state index contributed by atoms with van der Waals surface area (Å²) >= 11 is 1.90. The Balaban J connectivity index is 2.19. The molecule has 0 N–H and O–H groups in total. The van der Waals surface area contributed by atoms with Crippen molar-refractivity contribution in [2.24, 2.45) is 0 Å². The first kappa shape index (κ1) is 16.9. The van der Waals surface area contributed by atoms with Gasteiger partial charge < -0.3 is 9.64 Å². The number of rotatable bonds is 9. The molecule has 4 heteroatoms. The Hall–Kier alpha value is -1.18. The van der Waals surface area contributed by atoms with E-state index in [4.69, 9.17) is 10.00 Å². The van der Waals surface area contributed by atoms with Gasteiger partial charge in [-0.3, -0.25) is 0 Å². The Morgan fingerprint density at radius 2 is 2.05 bits per heavy atom. The summed E-state index contributed by atoms with van der Waals surface area (Å²) in [5, 5.41) is 8.72. The van der Waals surface area contributed by atoms with Crippen molar-refractivity contribution in [3.8, 4) is 11.8 Å². The molecule has 110 valence electrons.